The van der Waals surface area contributed by atoms with Gasteiger partial charge in [0, 0.05) is 16.7 Å². The molecule has 0 aliphatic heterocycles. The quantitative estimate of drug-likeness (QED) is 0.823. The van der Waals surface area contributed by atoms with Crippen LogP contribution in [-0.4, -0.2) is 11.1 Å². The number of hydrogen-bond donors (Lipinski definition) is 1. The zero-order chi connectivity index (χ0) is 14.7. The van der Waals surface area contributed by atoms with Crippen molar-refractivity contribution in [3.8, 4) is 11.1 Å². The van der Waals surface area contributed by atoms with Crippen LogP contribution in [0, 0.1) is 6.92 Å². The molecule has 102 valence electrons. The fraction of sp³-hybridized carbons (Fsp3) is 0.118. The predicted octanol–water partition coefficient (Wildman–Crippen LogP) is 4.80. The molecule has 0 radical (unpaired) electrons. The minimum Gasteiger partial charge on any atom is -0.478 e. The molecule has 0 unspecified atom stereocenters. The Morgan fingerprint density at radius 2 is 1.80 bits per heavy atom. The van der Waals surface area contributed by atoms with Crippen molar-refractivity contribution < 1.29 is 9.90 Å². The second-order valence-electron chi connectivity index (χ2n) is 4.73. The molecule has 0 atom stereocenters. The molecule has 0 saturated carbocycles. The van der Waals surface area contributed by atoms with Crippen LogP contribution in [0.4, 0.5) is 0 Å². The number of benzene rings is 2. The Labute approximate surface area is 123 Å². The number of aryl methyl sites for hydroxylation is 1. The van der Waals surface area contributed by atoms with Crippen LogP contribution in [-0.2, 0) is 4.79 Å². The molecule has 0 fully saturated rings. The lowest BCUT2D eigenvalue weighted by atomic mass is 9.99. The normalized spacial score (nSPS) is 11.4. The van der Waals surface area contributed by atoms with E-state index in [0.717, 1.165) is 16.7 Å². The third kappa shape index (κ3) is 3.28. The average molecular weight is 287 g/mol. The maximum absolute atomic E-state index is 10.7. The topological polar surface area (TPSA) is 37.3 Å². The highest BCUT2D eigenvalue weighted by Crippen LogP contribution is 2.31. The van der Waals surface area contributed by atoms with E-state index in [4.69, 9.17) is 16.7 Å². The van der Waals surface area contributed by atoms with E-state index in [2.05, 4.69) is 0 Å². The molecule has 2 aromatic carbocycles. The summed E-state index contributed by atoms with van der Waals surface area (Å²) in [5.74, 6) is -0.950. The van der Waals surface area contributed by atoms with Crippen molar-refractivity contribution in [2.75, 3.05) is 0 Å². The molecule has 0 spiro atoms. The molecule has 0 amide bonds. The van der Waals surface area contributed by atoms with Crippen LogP contribution in [0.5, 0.6) is 0 Å². The summed E-state index contributed by atoms with van der Waals surface area (Å²) in [6, 6.07) is 13.6. The van der Waals surface area contributed by atoms with E-state index in [-0.39, 0.29) is 0 Å². The highest BCUT2D eigenvalue weighted by atomic mass is 35.5. The van der Waals surface area contributed by atoms with Gasteiger partial charge in [-0.25, -0.2) is 4.79 Å². The first kappa shape index (κ1) is 14.4. The lowest BCUT2D eigenvalue weighted by Crippen LogP contribution is -1.91. The van der Waals surface area contributed by atoms with E-state index in [9.17, 15) is 4.79 Å². The van der Waals surface area contributed by atoms with Gasteiger partial charge in [0.05, 0.1) is 0 Å². The van der Waals surface area contributed by atoms with Gasteiger partial charge in [-0.1, -0.05) is 47.5 Å². The van der Waals surface area contributed by atoms with Gasteiger partial charge in [0.15, 0.2) is 0 Å². The summed E-state index contributed by atoms with van der Waals surface area (Å²) in [7, 11) is 0. The Bertz CT molecular complexity index is 670. The van der Waals surface area contributed by atoms with Gasteiger partial charge in [-0.2, -0.15) is 0 Å². The molecule has 2 nitrogen and oxygen atoms in total. The smallest absolute Gasteiger partial charge is 0.328 e. The van der Waals surface area contributed by atoms with Gasteiger partial charge in [0.2, 0.25) is 0 Å². The van der Waals surface area contributed by atoms with Gasteiger partial charge in [0.25, 0.3) is 0 Å². The van der Waals surface area contributed by atoms with Gasteiger partial charge in [-0.05, 0) is 42.7 Å². The number of aliphatic carboxylic acids is 1. The monoisotopic (exact) mass is 286 g/mol. The summed E-state index contributed by atoms with van der Waals surface area (Å²) in [6.07, 6.45) is 1.20. The van der Waals surface area contributed by atoms with E-state index in [1.165, 1.54) is 11.6 Å². The number of carboxylic acid groups (broad SMARTS) is 1. The lowest BCUT2D eigenvalue weighted by molar-refractivity contribution is -0.131. The van der Waals surface area contributed by atoms with Crippen LogP contribution in [0.2, 0.25) is 5.02 Å². The standard InChI is InChI=1S/C17H15ClO2/c1-11-3-5-13(6-4-11)15-10-14(7-8-16(15)18)12(2)9-17(19)20/h3-10H,1-2H3,(H,19,20)/b12-9+. The Hall–Kier alpha value is -2.06. The summed E-state index contributed by atoms with van der Waals surface area (Å²) < 4.78 is 0. The fourth-order valence-electron chi connectivity index (χ4n) is 1.99. The van der Waals surface area contributed by atoms with E-state index in [1.807, 2.05) is 43.3 Å². The maximum Gasteiger partial charge on any atom is 0.328 e. The number of carboxylic acids is 1. The first-order valence-corrected chi connectivity index (χ1v) is 6.63. The van der Waals surface area contributed by atoms with Gasteiger partial charge >= 0.3 is 5.97 Å². The number of hydrogen-bond acceptors (Lipinski definition) is 1. The molecule has 3 heteroatoms. The fourth-order valence-corrected chi connectivity index (χ4v) is 2.22. The second-order valence-corrected chi connectivity index (χ2v) is 5.13. The molecule has 2 aromatic rings. The summed E-state index contributed by atoms with van der Waals surface area (Å²) >= 11 is 6.25. The highest BCUT2D eigenvalue weighted by molar-refractivity contribution is 6.33. The summed E-state index contributed by atoms with van der Waals surface area (Å²) in [5, 5.41) is 9.47. The number of rotatable bonds is 3. The molecule has 0 heterocycles. The molecule has 20 heavy (non-hydrogen) atoms. The molecule has 0 saturated heterocycles. The molecule has 0 aromatic heterocycles. The Morgan fingerprint density at radius 3 is 2.40 bits per heavy atom. The number of halogens is 1. The molecule has 1 N–H and O–H groups in total. The minimum absolute atomic E-state index is 0.653. The lowest BCUT2D eigenvalue weighted by Gasteiger charge is -2.09. The van der Waals surface area contributed by atoms with Gasteiger partial charge in [0.1, 0.15) is 0 Å². The number of carbonyl (C=O) groups is 1. The average Bonchev–Trinajstić information content (AvgIpc) is 2.39. The van der Waals surface area contributed by atoms with Crippen molar-refractivity contribution in [1.82, 2.24) is 0 Å². The summed E-state index contributed by atoms with van der Waals surface area (Å²) in [6.45, 7) is 3.80. The van der Waals surface area contributed by atoms with E-state index in [1.54, 1.807) is 13.0 Å². The van der Waals surface area contributed by atoms with Crippen molar-refractivity contribution in [3.63, 3.8) is 0 Å². The third-order valence-corrected chi connectivity index (χ3v) is 3.45. The van der Waals surface area contributed by atoms with Crippen LogP contribution in [0.3, 0.4) is 0 Å². The summed E-state index contributed by atoms with van der Waals surface area (Å²) in [4.78, 5) is 10.7. The van der Waals surface area contributed by atoms with Crippen molar-refractivity contribution in [2.24, 2.45) is 0 Å². The molecule has 2 rings (SSSR count). The van der Waals surface area contributed by atoms with Crippen LogP contribution in [0.25, 0.3) is 16.7 Å². The number of allylic oxidation sites excluding steroid dienone is 1. The van der Waals surface area contributed by atoms with Crippen LogP contribution in [0.1, 0.15) is 18.1 Å². The van der Waals surface area contributed by atoms with Crippen molar-refractivity contribution in [1.29, 1.82) is 0 Å². The van der Waals surface area contributed by atoms with Gasteiger partial charge < -0.3 is 5.11 Å². The van der Waals surface area contributed by atoms with Crippen LogP contribution >= 0.6 is 11.6 Å². The molecule has 0 aliphatic carbocycles. The van der Waals surface area contributed by atoms with Crippen molar-refractivity contribution >= 4 is 23.1 Å². The van der Waals surface area contributed by atoms with E-state index < -0.39 is 5.97 Å². The SMILES string of the molecule is C/C(=C\C(=O)O)c1ccc(Cl)c(-c2ccc(C)cc2)c1. The van der Waals surface area contributed by atoms with Crippen molar-refractivity contribution in [3.05, 3.63) is 64.7 Å². The molecular formula is C17H15ClO2. The highest BCUT2D eigenvalue weighted by Gasteiger charge is 2.06. The van der Waals surface area contributed by atoms with Crippen LogP contribution in [0.15, 0.2) is 48.5 Å². The van der Waals surface area contributed by atoms with E-state index in [0.29, 0.717) is 10.6 Å². The Kier molecular flexibility index (Phi) is 4.26. The third-order valence-electron chi connectivity index (χ3n) is 3.12. The Balaban J connectivity index is 2.49. The largest absolute Gasteiger partial charge is 0.478 e. The maximum atomic E-state index is 10.7. The van der Waals surface area contributed by atoms with Crippen molar-refractivity contribution in [2.45, 2.75) is 13.8 Å². The minimum atomic E-state index is -0.950. The van der Waals surface area contributed by atoms with E-state index >= 15 is 0 Å². The molecule has 0 aliphatic rings. The second kappa shape index (κ2) is 5.93. The Morgan fingerprint density at radius 1 is 1.15 bits per heavy atom. The first-order valence-electron chi connectivity index (χ1n) is 6.25. The summed E-state index contributed by atoms with van der Waals surface area (Å²) in [5.41, 5.74) is 4.66. The van der Waals surface area contributed by atoms with Crippen LogP contribution < -0.4 is 0 Å². The van der Waals surface area contributed by atoms with Gasteiger partial charge in [-0.15, -0.1) is 0 Å². The predicted molar refractivity (Wildman–Crippen MR) is 82.9 cm³/mol. The van der Waals surface area contributed by atoms with Gasteiger partial charge in [-0.3, -0.25) is 0 Å². The first-order chi connectivity index (χ1) is 9.47. The zero-order valence-electron chi connectivity index (χ0n) is 11.4. The zero-order valence-corrected chi connectivity index (χ0v) is 12.1. The molecule has 0 bridgehead atoms. The molecular weight excluding hydrogens is 272 g/mol.